The van der Waals surface area contributed by atoms with E-state index in [4.69, 9.17) is 13.9 Å². The lowest BCUT2D eigenvalue weighted by Crippen LogP contribution is -2.08. The summed E-state index contributed by atoms with van der Waals surface area (Å²) in [6.07, 6.45) is 6.32. The molecule has 0 fully saturated rings. The average Bonchev–Trinajstić information content (AvgIpc) is 3.39. The van der Waals surface area contributed by atoms with Crippen LogP contribution in [0.15, 0.2) is 94.2 Å². The molecule has 3 aromatic rings. The number of benzene rings is 2. The summed E-state index contributed by atoms with van der Waals surface area (Å²) < 4.78 is 15.6. The monoisotopic (exact) mass is 385 g/mol. The molecule has 0 spiro atoms. The summed E-state index contributed by atoms with van der Waals surface area (Å²) in [4.78, 5) is 28.5. The molecular formula is C23H15NO5. The van der Waals surface area contributed by atoms with Crippen molar-refractivity contribution < 1.29 is 23.5 Å². The van der Waals surface area contributed by atoms with Crippen LogP contribution in [-0.4, -0.2) is 17.8 Å². The molecule has 0 aliphatic carbocycles. The van der Waals surface area contributed by atoms with Gasteiger partial charge in [-0.25, -0.2) is 14.6 Å². The normalized spacial score (nSPS) is 14.8. The molecule has 2 aromatic carbocycles. The van der Waals surface area contributed by atoms with Crippen molar-refractivity contribution in [1.82, 2.24) is 0 Å². The van der Waals surface area contributed by atoms with E-state index in [9.17, 15) is 9.59 Å². The highest BCUT2D eigenvalue weighted by molar-refractivity contribution is 6.11. The number of rotatable bonds is 5. The molecule has 0 amide bonds. The minimum absolute atomic E-state index is 0.0825. The molecule has 6 nitrogen and oxygen atoms in total. The number of ether oxygens (including phenoxy) is 2. The van der Waals surface area contributed by atoms with Gasteiger partial charge in [0.25, 0.3) is 0 Å². The van der Waals surface area contributed by atoms with Gasteiger partial charge in [-0.15, -0.1) is 0 Å². The van der Waals surface area contributed by atoms with Crippen LogP contribution in [0.3, 0.4) is 0 Å². The van der Waals surface area contributed by atoms with E-state index in [1.807, 2.05) is 30.3 Å². The second kappa shape index (κ2) is 8.22. The molecule has 2 heterocycles. The SMILES string of the molecule is O=C1OC(C=Cc2ccccc2)=NC1=Cc1ccccc1OC(=O)c1ccco1. The van der Waals surface area contributed by atoms with E-state index in [0.29, 0.717) is 5.56 Å². The Bertz CT molecular complexity index is 1130. The second-order valence-corrected chi connectivity index (χ2v) is 6.02. The van der Waals surface area contributed by atoms with Gasteiger partial charge in [0.2, 0.25) is 11.7 Å². The topological polar surface area (TPSA) is 78.1 Å². The lowest BCUT2D eigenvalue weighted by atomic mass is 10.1. The summed E-state index contributed by atoms with van der Waals surface area (Å²) >= 11 is 0. The van der Waals surface area contributed by atoms with Crippen LogP contribution < -0.4 is 4.74 Å². The molecule has 1 aromatic heterocycles. The summed E-state index contributed by atoms with van der Waals surface area (Å²) in [6.45, 7) is 0. The summed E-state index contributed by atoms with van der Waals surface area (Å²) in [6, 6.07) is 19.5. The largest absolute Gasteiger partial charge is 0.457 e. The quantitative estimate of drug-likeness (QED) is 0.367. The van der Waals surface area contributed by atoms with E-state index in [-0.39, 0.29) is 23.1 Å². The lowest BCUT2D eigenvalue weighted by Gasteiger charge is -2.06. The fourth-order valence-corrected chi connectivity index (χ4v) is 2.61. The van der Waals surface area contributed by atoms with Gasteiger partial charge >= 0.3 is 11.9 Å². The predicted molar refractivity (Wildman–Crippen MR) is 107 cm³/mol. The first kappa shape index (κ1) is 18.2. The van der Waals surface area contributed by atoms with E-state index in [2.05, 4.69) is 4.99 Å². The van der Waals surface area contributed by atoms with Crippen LogP contribution in [0.4, 0.5) is 0 Å². The summed E-state index contributed by atoms with van der Waals surface area (Å²) in [5.74, 6) is -0.665. The Balaban J connectivity index is 1.56. The van der Waals surface area contributed by atoms with Crippen LogP contribution in [0.25, 0.3) is 12.2 Å². The first-order valence-electron chi connectivity index (χ1n) is 8.79. The predicted octanol–water partition coefficient (Wildman–Crippen LogP) is 4.51. The van der Waals surface area contributed by atoms with Gasteiger partial charge in [0.15, 0.2) is 5.70 Å². The Hall–Kier alpha value is -4.19. The van der Waals surface area contributed by atoms with E-state index in [0.717, 1.165) is 5.56 Å². The number of carbonyl (C=O) groups is 2. The van der Waals surface area contributed by atoms with E-state index in [1.165, 1.54) is 18.4 Å². The van der Waals surface area contributed by atoms with Crippen molar-refractivity contribution in [2.75, 3.05) is 0 Å². The summed E-state index contributed by atoms with van der Waals surface area (Å²) in [5, 5.41) is 0. The molecule has 1 aliphatic heterocycles. The first-order valence-corrected chi connectivity index (χ1v) is 8.79. The Morgan fingerprint density at radius 2 is 1.72 bits per heavy atom. The number of carbonyl (C=O) groups excluding carboxylic acids is 2. The average molecular weight is 385 g/mol. The zero-order valence-electron chi connectivity index (χ0n) is 15.1. The highest BCUT2D eigenvalue weighted by atomic mass is 16.6. The lowest BCUT2D eigenvalue weighted by molar-refractivity contribution is -0.129. The number of para-hydroxylation sites is 1. The molecule has 6 heteroatoms. The molecule has 0 atom stereocenters. The van der Waals surface area contributed by atoms with Crippen LogP contribution in [0.1, 0.15) is 21.7 Å². The van der Waals surface area contributed by atoms with E-state index < -0.39 is 11.9 Å². The molecule has 142 valence electrons. The Morgan fingerprint density at radius 3 is 2.52 bits per heavy atom. The number of hydrogen-bond acceptors (Lipinski definition) is 6. The van der Waals surface area contributed by atoms with Gasteiger partial charge in [-0.3, -0.25) is 0 Å². The minimum atomic E-state index is -0.634. The highest BCUT2D eigenvalue weighted by Crippen LogP contribution is 2.24. The molecule has 29 heavy (non-hydrogen) atoms. The maximum atomic E-state index is 12.2. The van der Waals surface area contributed by atoms with Crippen molar-refractivity contribution in [1.29, 1.82) is 0 Å². The Kier molecular flexibility index (Phi) is 5.16. The fraction of sp³-hybridized carbons (Fsp3) is 0. The number of furan rings is 1. The Labute approximate surface area is 166 Å². The third-order valence-electron chi connectivity index (χ3n) is 3.99. The Morgan fingerprint density at radius 1 is 0.931 bits per heavy atom. The third-order valence-corrected chi connectivity index (χ3v) is 3.99. The molecule has 0 saturated carbocycles. The molecule has 1 aliphatic rings. The van der Waals surface area contributed by atoms with Gasteiger partial charge in [0.05, 0.1) is 6.26 Å². The minimum Gasteiger partial charge on any atom is -0.457 e. The molecule has 0 N–H and O–H groups in total. The van der Waals surface area contributed by atoms with Crippen LogP contribution in [0.2, 0.25) is 0 Å². The molecule has 0 bridgehead atoms. The fourth-order valence-electron chi connectivity index (χ4n) is 2.61. The third kappa shape index (κ3) is 4.39. The molecule has 0 radical (unpaired) electrons. The van der Waals surface area contributed by atoms with Gasteiger partial charge in [0, 0.05) is 11.6 Å². The number of hydrogen-bond donors (Lipinski definition) is 0. The number of nitrogens with zero attached hydrogens (tertiary/aromatic N) is 1. The van der Waals surface area contributed by atoms with Crippen molar-refractivity contribution in [3.63, 3.8) is 0 Å². The summed E-state index contributed by atoms with van der Waals surface area (Å²) in [5.41, 5.74) is 1.58. The second-order valence-electron chi connectivity index (χ2n) is 6.02. The molecule has 4 rings (SSSR count). The zero-order chi connectivity index (χ0) is 20.1. The smallest absolute Gasteiger partial charge is 0.379 e. The molecule has 0 saturated heterocycles. The highest BCUT2D eigenvalue weighted by Gasteiger charge is 2.22. The van der Waals surface area contributed by atoms with Crippen molar-refractivity contribution in [3.8, 4) is 5.75 Å². The van der Waals surface area contributed by atoms with E-state index in [1.54, 1.807) is 42.5 Å². The van der Waals surface area contributed by atoms with Crippen LogP contribution in [0.5, 0.6) is 5.75 Å². The van der Waals surface area contributed by atoms with Crippen LogP contribution in [0, 0.1) is 0 Å². The van der Waals surface area contributed by atoms with Crippen molar-refractivity contribution in [3.05, 3.63) is 102 Å². The number of aliphatic imine (C=N–C) groups is 1. The van der Waals surface area contributed by atoms with Crippen LogP contribution in [-0.2, 0) is 9.53 Å². The van der Waals surface area contributed by atoms with E-state index >= 15 is 0 Å². The molecule has 0 unspecified atom stereocenters. The first-order chi connectivity index (χ1) is 14.2. The standard InChI is InChI=1S/C23H15NO5/c25-22-18(24-21(29-22)13-12-16-7-2-1-3-8-16)15-17-9-4-5-10-19(17)28-23(26)20-11-6-14-27-20/h1-15H. The van der Waals surface area contributed by atoms with Gasteiger partial charge in [-0.2, -0.15) is 0 Å². The van der Waals surface area contributed by atoms with Gasteiger partial charge < -0.3 is 13.9 Å². The molecular weight excluding hydrogens is 370 g/mol. The summed E-state index contributed by atoms with van der Waals surface area (Å²) in [7, 11) is 0. The maximum absolute atomic E-state index is 12.2. The van der Waals surface area contributed by atoms with Crippen molar-refractivity contribution in [2.24, 2.45) is 4.99 Å². The maximum Gasteiger partial charge on any atom is 0.379 e. The number of cyclic esters (lactones) is 1. The van der Waals surface area contributed by atoms with Crippen molar-refractivity contribution in [2.45, 2.75) is 0 Å². The van der Waals surface area contributed by atoms with Crippen molar-refractivity contribution >= 4 is 30.0 Å². The zero-order valence-corrected chi connectivity index (χ0v) is 15.1. The van der Waals surface area contributed by atoms with Gasteiger partial charge in [0.1, 0.15) is 5.75 Å². The van der Waals surface area contributed by atoms with Gasteiger partial charge in [-0.1, -0.05) is 48.5 Å². The van der Waals surface area contributed by atoms with Crippen LogP contribution >= 0.6 is 0 Å². The van der Waals surface area contributed by atoms with Gasteiger partial charge in [-0.05, 0) is 35.9 Å². The number of esters is 2.